The van der Waals surface area contributed by atoms with Crippen molar-refractivity contribution in [2.24, 2.45) is 5.73 Å². The molecule has 1 amide bonds. The molecule has 0 spiro atoms. The van der Waals surface area contributed by atoms with Crippen molar-refractivity contribution in [1.82, 2.24) is 9.89 Å². The lowest BCUT2D eigenvalue weighted by atomic mass is 9.90. The summed E-state index contributed by atoms with van der Waals surface area (Å²) >= 11 is 0. The number of hydrogen-bond donors (Lipinski definition) is 2. The van der Waals surface area contributed by atoms with Crippen molar-refractivity contribution in [3.8, 4) is 22.5 Å². The molecule has 45 heavy (non-hydrogen) atoms. The van der Waals surface area contributed by atoms with Gasteiger partial charge in [-0.05, 0) is 23.8 Å². The smallest absolute Gasteiger partial charge is 0.216 e. The average molecular weight is 621 g/mol. The molecular formula is C34H44N4O7. The van der Waals surface area contributed by atoms with E-state index >= 15 is 0 Å². The number of hydrogen-bond acceptors (Lipinski definition) is 9. The quantitative estimate of drug-likeness (QED) is 0.123. The molecule has 0 saturated carbocycles. The Kier molecular flexibility index (Phi) is 14.0. The van der Waals surface area contributed by atoms with E-state index in [-0.39, 0.29) is 11.5 Å². The molecule has 2 aromatic carbocycles. The third kappa shape index (κ3) is 10.4. The molecule has 0 atom stereocenters. The molecule has 0 bridgehead atoms. The minimum Gasteiger partial charge on any atom is -0.545 e. The van der Waals surface area contributed by atoms with E-state index in [9.17, 15) is 14.7 Å². The molecule has 1 aliphatic heterocycles. The second-order valence-corrected chi connectivity index (χ2v) is 10.6. The summed E-state index contributed by atoms with van der Waals surface area (Å²) < 4.78 is 23.8. The fourth-order valence-electron chi connectivity index (χ4n) is 4.52. The SMILES string of the molecule is CC(=O)NCCOCCOCCOCCN.CN(C)c1ccc2c(-c3ccccc3C(=O)[O-])c3ccc(=[N+](C)C)cc-3oc2c1. The third-order valence-electron chi connectivity index (χ3n) is 6.76. The maximum atomic E-state index is 11.8. The molecular weight excluding hydrogens is 576 g/mol. The van der Waals surface area contributed by atoms with Gasteiger partial charge >= 0.3 is 0 Å². The zero-order valence-corrected chi connectivity index (χ0v) is 26.8. The minimum absolute atomic E-state index is 0.0445. The number of carboxylic acids is 1. The number of benzene rings is 3. The Balaban J connectivity index is 0.000000296. The zero-order valence-electron chi connectivity index (χ0n) is 26.8. The molecule has 2 aromatic rings. The van der Waals surface area contributed by atoms with Gasteiger partial charge in [-0.15, -0.1) is 0 Å². The van der Waals surface area contributed by atoms with E-state index < -0.39 is 5.97 Å². The van der Waals surface area contributed by atoms with Crippen molar-refractivity contribution in [3.63, 3.8) is 0 Å². The average Bonchev–Trinajstić information content (AvgIpc) is 3.02. The van der Waals surface area contributed by atoms with Crippen LogP contribution in [0, 0.1) is 0 Å². The molecule has 11 heteroatoms. The van der Waals surface area contributed by atoms with Crippen molar-refractivity contribution >= 4 is 28.5 Å². The topological polar surface area (TPSA) is 142 Å². The molecule has 242 valence electrons. The van der Waals surface area contributed by atoms with Gasteiger partial charge in [0.05, 0.1) is 51.7 Å². The van der Waals surface area contributed by atoms with Gasteiger partial charge in [-0.1, -0.05) is 24.3 Å². The van der Waals surface area contributed by atoms with Gasteiger partial charge in [-0.3, -0.25) is 4.79 Å². The number of anilines is 1. The highest BCUT2D eigenvalue weighted by atomic mass is 16.5. The van der Waals surface area contributed by atoms with Crippen LogP contribution in [-0.2, 0) is 19.0 Å². The largest absolute Gasteiger partial charge is 0.545 e. The maximum absolute atomic E-state index is 11.8. The van der Waals surface area contributed by atoms with Gasteiger partial charge in [0.2, 0.25) is 11.3 Å². The van der Waals surface area contributed by atoms with E-state index in [2.05, 4.69) is 5.32 Å². The monoisotopic (exact) mass is 620 g/mol. The van der Waals surface area contributed by atoms with Crippen molar-refractivity contribution < 1.29 is 33.3 Å². The molecule has 0 unspecified atom stereocenters. The minimum atomic E-state index is -1.20. The Bertz CT molecular complexity index is 1600. The van der Waals surface area contributed by atoms with E-state index in [0.29, 0.717) is 69.6 Å². The highest BCUT2D eigenvalue weighted by Crippen LogP contribution is 2.41. The number of nitrogens with zero attached hydrogens (tertiary/aromatic N) is 2. The molecule has 0 saturated heterocycles. The summed E-state index contributed by atoms with van der Waals surface area (Å²) in [6, 6.07) is 18.9. The van der Waals surface area contributed by atoms with E-state index in [1.807, 2.05) is 86.2 Å². The van der Waals surface area contributed by atoms with Gasteiger partial charge < -0.3 is 44.5 Å². The Hall–Kier alpha value is -4.29. The van der Waals surface area contributed by atoms with Crippen LogP contribution in [0.1, 0.15) is 17.3 Å². The van der Waals surface area contributed by atoms with Crippen molar-refractivity contribution in [3.05, 3.63) is 71.6 Å². The molecule has 4 rings (SSSR count). The van der Waals surface area contributed by atoms with Crippen LogP contribution in [0.2, 0.25) is 0 Å². The lowest BCUT2D eigenvalue weighted by Gasteiger charge is -2.19. The second kappa shape index (κ2) is 17.9. The molecule has 0 fully saturated rings. The van der Waals surface area contributed by atoms with Gasteiger partial charge in [-0.25, -0.2) is 4.58 Å². The summed E-state index contributed by atoms with van der Waals surface area (Å²) in [5.41, 5.74) is 9.41. The summed E-state index contributed by atoms with van der Waals surface area (Å²) in [4.78, 5) is 24.3. The summed E-state index contributed by atoms with van der Waals surface area (Å²) in [7, 11) is 7.88. The summed E-state index contributed by atoms with van der Waals surface area (Å²) in [6.07, 6.45) is 0. The highest BCUT2D eigenvalue weighted by molar-refractivity contribution is 6.07. The lowest BCUT2D eigenvalue weighted by molar-refractivity contribution is -0.254. The van der Waals surface area contributed by atoms with E-state index in [1.165, 1.54) is 6.92 Å². The number of carboxylic acid groups (broad SMARTS) is 1. The molecule has 11 nitrogen and oxygen atoms in total. The first-order valence-electron chi connectivity index (χ1n) is 14.8. The normalized spacial score (nSPS) is 10.8. The van der Waals surface area contributed by atoms with Gasteiger partial charge in [0.25, 0.3) is 0 Å². The third-order valence-corrected chi connectivity index (χ3v) is 6.76. The number of fused-ring (bicyclic) bond motifs is 2. The van der Waals surface area contributed by atoms with Crippen LogP contribution in [-0.4, -0.2) is 92.8 Å². The first-order valence-corrected chi connectivity index (χ1v) is 14.8. The number of rotatable bonds is 14. The Labute approximate surface area is 264 Å². The van der Waals surface area contributed by atoms with Crippen LogP contribution in [0.4, 0.5) is 5.69 Å². The highest BCUT2D eigenvalue weighted by Gasteiger charge is 2.20. The van der Waals surface area contributed by atoms with Crippen LogP contribution in [0.15, 0.2) is 65.1 Å². The molecule has 0 radical (unpaired) electrons. The summed E-state index contributed by atoms with van der Waals surface area (Å²) in [5, 5.41) is 16.3. The fourth-order valence-corrected chi connectivity index (χ4v) is 4.52. The van der Waals surface area contributed by atoms with Crippen LogP contribution < -0.4 is 31.0 Å². The Morgan fingerprint density at radius 3 is 2.18 bits per heavy atom. The van der Waals surface area contributed by atoms with E-state index in [4.69, 9.17) is 24.4 Å². The number of carbonyl (C=O) groups excluding carboxylic acids is 2. The predicted molar refractivity (Wildman–Crippen MR) is 174 cm³/mol. The summed E-state index contributed by atoms with van der Waals surface area (Å²) in [6.45, 7) is 5.79. The van der Waals surface area contributed by atoms with E-state index in [1.54, 1.807) is 12.1 Å². The van der Waals surface area contributed by atoms with Gasteiger partial charge in [0, 0.05) is 74.0 Å². The number of nitrogens with one attached hydrogen (secondary N) is 1. The Morgan fingerprint density at radius 2 is 1.56 bits per heavy atom. The van der Waals surface area contributed by atoms with Gasteiger partial charge in [-0.2, -0.15) is 0 Å². The van der Waals surface area contributed by atoms with Crippen molar-refractivity contribution in [1.29, 1.82) is 0 Å². The molecule has 0 aromatic heterocycles. The number of nitrogens with two attached hydrogens (primary N) is 1. The van der Waals surface area contributed by atoms with Crippen LogP contribution in [0.25, 0.3) is 33.4 Å². The number of aromatic carboxylic acids is 1. The number of carbonyl (C=O) groups is 2. The second-order valence-electron chi connectivity index (χ2n) is 10.6. The number of amides is 1. The van der Waals surface area contributed by atoms with Crippen LogP contribution >= 0.6 is 0 Å². The van der Waals surface area contributed by atoms with Crippen LogP contribution in [0.3, 0.4) is 0 Å². The molecule has 3 N–H and O–H groups in total. The first-order chi connectivity index (χ1) is 21.6. The van der Waals surface area contributed by atoms with Gasteiger partial charge in [0.1, 0.15) is 25.4 Å². The van der Waals surface area contributed by atoms with E-state index in [0.717, 1.165) is 27.6 Å². The van der Waals surface area contributed by atoms with Crippen molar-refractivity contribution in [2.45, 2.75) is 6.92 Å². The standard InChI is InChI=1S/C24H22N2O3.C10H22N2O4/c1-25(2)15-9-11-19-21(13-15)29-22-14-16(26(3)4)10-12-20(22)23(19)17-7-5-6-8-18(17)24(27)28;1-10(13)12-3-5-15-7-9-16-8-6-14-4-2-11/h5-14H,1-4H3;2-9,11H2,1H3,(H,12,13). The zero-order chi connectivity index (χ0) is 32.8. The summed E-state index contributed by atoms with van der Waals surface area (Å²) in [5.74, 6) is -0.544. The van der Waals surface area contributed by atoms with Crippen molar-refractivity contribution in [2.75, 3.05) is 85.8 Å². The fraction of sp³-hybridized carbons (Fsp3) is 0.382. The molecule has 2 aliphatic rings. The molecule has 1 aliphatic carbocycles. The van der Waals surface area contributed by atoms with Crippen LogP contribution in [0.5, 0.6) is 0 Å². The first kappa shape index (κ1) is 35.2. The molecule has 1 heterocycles. The predicted octanol–water partition coefficient (Wildman–Crippen LogP) is 1.80. The number of ether oxygens (including phenoxy) is 3. The maximum Gasteiger partial charge on any atom is 0.216 e. The Morgan fingerprint density at radius 1 is 0.889 bits per heavy atom. The van der Waals surface area contributed by atoms with Gasteiger partial charge in [0.15, 0.2) is 0 Å². The lowest BCUT2D eigenvalue weighted by Crippen LogP contribution is -2.25.